The maximum absolute atomic E-state index is 12.7. The number of nitrogens with zero attached hydrogens (tertiary/aromatic N) is 1. The number of esters is 1. The summed E-state index contributed by atoms with van der Waals surface area (Å²) in [4.78, 5) is 38.0. The van der Waals surface area contributed by atoms with Crippen LogP contribution in [-0.4, -0.2) is 46.2 Å². The first-order valence-electron chi connectivity index (χ1n) is 9.61. The number of ether oxygens (including phenoxy) is 1. The van der Waals surface area contributed by atoms with Gasteiger partial charge in [-0.2, -0.15) is 0 Å². The number of benzene rings is 1. The molecule has 0 spiro atoms. The van der Waals surface area contributed by atoms with Crippen LogP contribution in [-0.2, 0) is 25.5 Å². The van der Waals surface area contributed by atoms with E-state index in [1.54, 1.807) is 0 Å². The normalized spacial score (nSPS) is 21.1. The minimum Gasteiger partial charge on any atom is -0.481 e. The van der Waals surface area contributed by atoms with Crippen molar-refractivity contribution in [2.45, 2.75) is 58.2 Å². The van der Waals surface area contributed by atoms with Gasteiger partial charge in [-0.15, -0.1) is 0 Å². The molecule has 1 fully saturated rings. The molecule has 28 heavy (non-hydrogen) atoms. The molecule has 1 aromatic carbocycles. The minimum atomic E-state index is -1.01. The van der Waals surface area contributed by atoms with E-state index in [2.05, 4.69) is 0 Å². The van der Waals surface area contributed by atoms with Gasteiger partial charge in [0.2, 0.25) is 5.91 Å². The van der Waals surface area contributed by atoms with Gasteiger partial charge in [-0.1, -0.05) is 30.3 Å². The number of carboxylic acid groups (broad SMARTS) is 1. The second kappa shape index (κ2) is 9.19. The summed E-state index contributed by atoms with van der Waals surface area (Å²) in [7, 11) is 0. The van der Waals surface area contributed by atoms with E-state index in [-0.39, 0.29) is 30.6 Å². The van der Waals surface area contributed by atoms with Crippen LogP contribution in [0, 0.1) is 11.8 Å². The van der Waals surface area contributed by atoms with E-state index in [9.17, 15) is 19.5 Å². The first-order chi connectivity index (χ1) is 13.1. The SMILES string of the molecule is CC(C)(C)OC(=O)C1CCN(C(=O)C[C@@H](Cc2ccccc2)C(=O)O)C(N)C1. The summed E-state index contributed by atoms with van der Waals surface area (Å²) in [6.07, 6.45) is 0.326. The summed E-state index contributed by atoms with van der Waals surface area (Å²) < 4.78 is 5.41. The topological polar surface area (TPSA) is 110 Å². The molecule has 2 rings (SSSR count). The Morgan fingerprint density at radius 1 is 1.25 bits per heavy atom. The Labute approximate surface area is 165 Å². The van der Waals surface area contributed by atoms with Gasteiger partial charge in [0.25, 0.3) is 0 Å². The minimum absolute atomic E-state index is 0.116. The predicted molar refractivity (Wildman–Crippen MR) is 104 cm³/mol. The van der Waals surface area contributed by atoms with Crippen molar-refractivity contribution in [3.05, 3.63) is 35.9 Å². The van der Waals surface area contributed by atoms with Crippen LogP contribution in [0.1, 0.15) is 45.6 Å². The van der Waals surface area contributed by atoms with Crippen LogP contribution in [0.25, 0.3) is 0 Å². The molecule has 1 amide bonds. The van der Waals surface area contributed by atoms with Crippen molar-refractivity contribution in [3.8, 4) is 0 Å². The van der Waals surface area contributed by atoms with Crippen LogP contribution in [0.3, 0.4) is 0 Å². The molecule has 0 aromatic heterocycles. The molecule has 7 heteroatoms. The quantitative estimate of drug-likeness (QED) is 0.721. The number of piperidine rings is 1. The van der Waals surface area contributed by atoms with E-state index >= 15 is 0 Å². The first-order valence-corrected chi connectivity index (χ1v) is 9.61. The fourth-order valence-electron chi connectivity index (χ4n) is 3.38. The molecule has 1 heterocycles. The summed E-state index contributed by atoms with van der Waals surface area (Å²) in [5.74, 6) is -2.76. The maximum Gasteiger partial charge on any atom is 0.309 e. The lowest BCUT2D eigenvalue weighted by Crippen LogP contribution is -2.53. The molecule has 1 aliphatic rings. The Balaban J connectivity index is 1.94. The average molecular weight is 390 g/mol. The van der Waals surface area contributed by atoms with Gasteiger partial charge in [-0.3, -0.25) is 14.4 Å². The highest BCUT2D eigenvalue weighted by atomic mass is 16.6. The van der Waals surface area contributed by atoms with Gasteiger partial charge in [0.15, 0.2) is 0 Å². The van der Waals surface area contributed by atoms with Crippen LogP contribution >= 0.6 is 0 Å². The summed E-state index contributed by atoms with van der Waals surface area (Å²) in [5.41, 5.74) is 6.43. The maximum atomic E-state index is 12.7. The number of hydrogen-bond acceptors (Lipinski definition) is 5. The number of amides is 1. The molecule has 2 unspecified atom stereocenters. The van der Waals surface area contributed by atoms with Gasteiger partial charge in [-0.05, 0) is 45.6 Å². The number of carboxylic acids is 1. The van der Waals surface area contributed by atoms with Crippen molar-refractivity contribution in [3.63, 3.8) is 0 Å². The molecular formula is C21H30N2O5. The Morgan fingerprint density at radius 2 is 1.89 bits per heavy atom. The summed E-state index contributed by atoms with van der Waals surface area (Å²) in [5, 5.41) is 9.51. The van der Waals surface area contributed by atoms with Crippen LogP contribution < -0.4 is 5.73 Å². The number of hydrogen-bond donors (Lipinski definition) is 2. The molecule has 0 radical (unpaired) electrons. The zero-order valence-corrected chi connectivity index (χ0v) is 16.8. The third-order valence-corrected chi connectivity index (χ3v) is 4.80. The molecule has 1 aliphatic heterocycles. The van der Waals surface area contributed by atoms with Crippen LogP contribution in [0.4, 0.5) is 0 Å². The molecule has 154 valence electrons. The molecule has 7 nitrogen and oxygen atoms in total. The number of nitrogens with two attached hydrogens (primary N) is 1. The lowest BCUT2D eigenvalue weighted by atomic mass is 9.92. The standard InChI is InChI=1S/C21H30N2O5/c1-21(2,3)28-20(27)15-9-10-23(17(22)12-15)18(24)13-16(19(25)26)11-14-7-5-4-6-8-14/h4-8,15-17H,9-13,22H2,1-3H3,(H,25,26)/t15?,16-,17?/m1/s1. The molecule has 1 aromatic rings. The van der Waals surface area contributed by atoms with Gasteiger partial charge in [0.05, 0.1) is 18.0 Å². The lowest BCUT2D eigenvalue weighted by Gasteiger charge is -2.37. The fraction of sp³-hybridized carbons (Fsp3) is 0.571. The van der Waals surface area contributed by atoms with Crippen molar-refractivity contribution >= 4 is 17.8 Å². The Hall–Kier alpha value is -2.41. The second-order valence-electron chi connectivity index (χ2n) is 8.34. The average Bonchev–Trinajstić information content (AvgIpc) is 2.60. The van der Waals surface area contributed by atoms with Gasteiger partial charge in [0, 0.05) is 13.0 Å². The Kier molecular flexibility index (Phi) is 7.18. The van der Waals surface area contributed by atoms with Gasteiger partial charge in [-0.25, -0.2) is 0 Å². The first kappa shape index (κ1) is 21.9. The smallest absolute Gasteiger partial charge is 0.309 e. The third kappa shape index (κ3) is 6.34. The van der Waals surface area contributed by atoms with Crippen molar-refractivity contribution in [1.82, 2.24) is 4.90 Å². The van der Waals surface area contributed by atoms with Crippen molar-refractivity contribution in [1.29, 1.82) is 0 Å². The van der Waals surface area contributed by atoms with Crippen LogP contribution in [0.15, 0.2) is 30.3 Å². The fourth-order valence-corrected chi connectivity index (χ4v) is 3.38. The number of aliphatic carboxylic acids is 1. The Morgan fingerprint density at radius 3 is 2.43 bits per heavy atom. The largest absolute Gasteiger partial charge is 0.481 e. The zero-order chi connectivity index (χ0) is 20.9. The third-order valence-electron chi connectivity index (χ3n) is 4.80. The number of carbonyl (C=O) groups is 3. The van der Waals surface area contributed by atoms with E-state index in [4.69, 9.17) is 10.5 Å². The highest BCUT2D eigenvalue weighted by molar-refractivity contribution is 5.83. The van der Waals surface area contributed by atoms with Crippen LogP contribution in [0.5, 0.6) is 0 Å². The molecular weight excluding hydrogens is 360 g/mol. The van der Waals surface area contributed by atoms with E-state index < -0.39 is 23.7 Å². The van der Waals surface area contributed by atoms with Crippen molar-refractivity contribution in [2.75, 3.05) is 6.54 Å². The van der Waals surface area contributed by atoms with Crippen molar-refractivity contribution < 1.29 is 24.2 Å². The number of rotatable bonds is 6. The second-order valence-corrected chi connectivity index (χ2v) is 8.34. The van der Waals surface area contributed by atoms with E-state index in [1.807, 2.05) is 51.1 Å². The van der Waals surface area contributed by atoms with E-state index in [1.165, 1.54) is 4.90 Å². The number of likely N-dealkylation sites (tertiary alicyclic amines) is 1. The molecule has 0 bridgehead atoms. The van der Waals surface area contributed by atoms with E-state index in [0.29, 0.717) is 19.4 Å². The van der Waals surface area contributed by atoms with Gasteiger partial charge < -0.3 is 20.5 Å². The highest BCUT2D eigenvalue weighted by Crippen LogP contribution is 2.25. The molecule has 3 atom stereocenters. The van der Waals surface area contributed by atoms with Crippen LogP contribution in [0.2, 0.25) is 0 Å². The monoisotopic (exact) mass is 390 g/mol. The highest BCUT2D eigenvalue weighted by Gasteiger charge is 2.36. The Bertz CT molecular complexity index is 698. The van der Waals surface area contributed by atoms with Gasteiger partial charge in [0.1, 0.15) is 5.60 Å². The zero-order valence-electron chi connectivity index (χ0n) is 16.8. The molecule has 0 saturated carbocycles. The molecule has 0 aliphatic carbocycles. The summed E-state index contributed by atoms with van der Waals surface area (Å²) >= 11 is 0. The van der Waals surface area contributed by atoms with Crippen molar-refractivity contribution in [2.24, 2.45) is 17.6 Å². The molecule has 3 N–H and O–H groups in total. The molecule has 1 saturated heterocycles. The number of carbonyl (C=O) groups excluding carboxylic acids is 2. The predicted octanol–water partition coefficient (Wildman–Crippen LogP) is 2.19. The summed E-state index contributed by atoms with van der Waals surface area (Å²) in [6.45, 7) is 5.74. The van der Waals surface area contributed by atoms with Gasteiger partial charge >= 0.3 is 11.9 Å². The summed E-state index contributed by atoms with van der Waals surface area (Å²) in [6, 6.07) is 9.23. The lowest BCUT2D eigenvalue weighted by molar-refractivity contribution is -0.164. The van der Waals surface area contributed by atoms with E-state index in [0.717, 1.165) is 5.56 Å².